The summed E-state index contributed by atoms with van der Waals surface area (Å²) in [6.45, 7) is 4.42. The van der Waals surface area contributed by atoms with E-state index in [0.717, 1.165) is 51.6 Å². The van der Waals surface area contributed by atoms with Crippen molar-refractivity contribution in [3.8, 4) is 0 Å². The molecule has 114 valence electrons. The second-order valence-corrected chi connectivity index (χ2v) is 6.13. The van der Waals surface area contributed by atoms with Crippen LogP contribution >= 0.6 is 0 Å². The molecule has 1 atom stereocenters. The molecule has 0 aromatic heterocycles. The van der Waals surface area contributed by atoms with Gasteiger partial charge >= 0.3 is 5.97 Å². The molecule has 2 rings (SSSR count). The number of hydrogen-bond acceptors (Lipinski definition) is 3. The van der Waals surface area contributed by atoms with E-state index in [1.165, 1.54) is 0 Å². The molecule has 2 heterocycles. The van der Waals surface area contributed by atoms with Crippen molar-refractivity contribution < 1.29 is 14.7 Å². The Balaban J connectivity index is 2.18. The molecule has 0 saturated carbocycles. The molecular formula is C15H26N2O3. The predicted molar refractivity (Wildman–Crippen MR) is 76.4 cm³/mol. The van der Waals surface area contributed by atoms with Crippen LogP contribution in [-0.2, 0) is 9.59 Å². The normalized spacial score (nSPS) is 26.2. The molecule has 2 aliphatic rings. The Bertz CT molecular complexity index is 359. The maximum atomic E-state index is 13.0. The number of carbonyl (C=O) groups excluding carboxylic acids is 1. The molecule has 2 saturated heterocycles. The largest absolute Gasteiger partial charge is 0.480 e. The average molecular weight is 282 g/mol. The highest BCUT2D eigenvalue weighted by molar-refractivity contribution is 5.88. The van der Waals surface area contributed by atoms with Crippen LogP contribution in [0.1, 0.15) is 51.9 Å². The Kier molecular flexibility index (Phi) is 5.02. The van der Waals surface area contributed by atoms with Crippen LogP contribution in [0, 0.1) is 5.41 Å². The number of carboxylic acids is 1. The first-order valence-electron chi connectivity index (χ1n) is 7.85. The van der Waals surface area contributed by atoms with E-state index in [0.29, 0.717) is 13.0 Å². The zero-order valence-electron chi connectivity index (χ0n) is 12.4. The molecule has 0 radical (unpaired) electrons. The number of nitrogens with one attached hydrogen (secondary N) is 1. The van der Waals surface area contributed by atoms with Gasteiger partial charge in [-0.05, 0) is 51.6 Å². The second-order valence-electron chi connectivity index (χ2n) is 6.13. The lowest BCUT2D eigenvalue weighted by atomic mass is 9.73. The number of carboxylic acid groups (broad SMARTS) is 1. The van der Waals surface area contributed by atoms with Crippen molar-refractivity contribution in [3.05, 3.63) is 0 Å². The molecule has 2 N–H and O–H groups in total. The van der Waals surface area contributed by atoms with Gasteiger partial charge in [0, 0.05) is 6.54 Å². The number of rotatable bonds is 4. The molecule has 0 aromatic carbocycles. The third-order valence-corrected chi connectivity index (χ3v) is 4.79. The van der Waals surface area contributed by atoms with Gasteiger partial charge in [0.2, 0.25) is 5.91 Å². The summed E-state index contributed by atoms with van der Waals surface area (Å²) in [5.74, 6) is -0.758. The minimum absolute atomic E-state index is 0.0907. The van der Waals surface area contributed by atoms with E-state index in [2.05, 4.69) is 12.2 Å². The van der Waals surface area contributed by atoms with Crippen molar-refractivity contribution in [1.82, 2.24) is 10.2 Å². The maximum absolute atomic E-state index is 13.0. The topological polar surface area (TPSA) is 69.6 Å². The molecule has 0 spiro atoms. The Hall–Kier alpha value is -1.10. The van der Waals surface area contributed by atoms with Crippen LogP contribution in [0.5, 0.6) is 0 Å². The zero-order chi connectivity index (χ0) is 14.6. The minimum atomic E-state index is -0.848. The molecule has 2 aliphatic heterocycles. The lowest BCUT2D eigenvalue weighted by molar-refractivity contribution is -0.158. The summed E-state index contributed by atoms with van der Waals surface area (Å²) in [4.78, 5) is 26.1. The molecule has 0 unspecified atom stereocenters. The summed E-state index contributed by atoms with van der Waals surface area (Å²) in [5, 5.41) is 12.7. The number of nitrogens with zero attached hydrogens (tertiary/aromatic N) is 1. The SMILES string of the molecule is CCCC1(C(=O)N2CCCC[C@@H]2C(=O)O)CCNCC1. The third-order valence-electron chi connectivity index (χ3n) is 4.79. The van der Waals surface area contributed by atoms with Gasteiger partial charge in [-0.15, -0.1) is 0 Å². The van der Waals surface area contributed by atoms with Gasteiger partial charge in [-0.2, -0.15) is 0 Å². The van der Waals surface area contributed by atoms with Crippen molar-refractivity contribution in [2.24, 2.45) is 5.41 Å². The third kappa shape index (κ3) is 2.97. The lowest BCUT2D eigenvalue weighted by Gasteiger charge is -2.43. The highest BCUT2D eigenvalue weighted by Crippen LogP contribution is 2.37. The fourth-order valence-electron chi connectivity index (χ4n) is 3.69. The summed E-state index contributed by atoms with van der Waals surface area (Å²) in [6, 6.07) is -0.611. The maximum Gasteiger partial charge on any atom is 0.326 e. The molecule has 5 heteroatoms. The Morgan fingerprint density at radius 1 is 1.30 bits per heavy atom. The molecule has 1 amide bonds. The van der Waals surface area contributed by atoms with Crippen molar-refractivity contribution in [2.75, 3.05) is 19.6 Å². The number of carbonyl (C=O) groups is 2. The number of hydrogen-bond donors (Lipinski definition) is 2. The van der Waals surface area contributed by atoms with Crippen molar-refractivity contribution >= 4 is 11.9 Å². The van der Waals surface area contributed by atoms with Gasteiger partial charge in [0.1, 0.15) is 6.04 Å². The van der Waals surface area contributed by atoms with Gasteiger partial charge in [0.25, 0.3) is 0 Å². The molecule has 0 aliphatic carbocycles. The highest BCUT2D eigenvalue weighted by Gasteiger charge is 2.44. The lowest BCUT2D eigenvalue weighted by Crippen LogP contribution is -2.55. The fraction of sp³-hybridized carbons (Fsp3) is 0.867. The van der Waals surface area contributed by atoms with E-state index >= 15 is 0 Å². The smallest absolute Gasteiger partial charge is 0.326 e. The number of aliphatic carboxylic acids is 1. The first-order valence-corrected chi connectivity index (χ1v) is 7.85. The van der Waals surface area contributed by atoms with Crippen LogP contribution in [0.3, 0.4) is 0 Å². The molecule has 0 aromatic rings. The van der Waals surface area contributed by atoms with Crippen molar-refractivity contribution in [2.45, 2.75) is 57.9 Å². The van der Waals surface area contributed by atoms with E-state index in [1.54, 1.807) is 4.90 Å². The first-order chi connectivity index (χ1) is 9.60. The first kappa shape index (κ1) is 15.3. The van der Waals surface area contributed by atoms with E-state index in [-0.39, 0.29) is 11.3 Å². The summed E-state index contributed by atoms with van der Waals surface area (Å²) in [5.41, 5.74) is -0.328. The molecule has 20 heavy (non-hydrogen) atoms. The summed E-state index contributed by atoms with van der Waals surface area (Å²) in [6.07, 6.45) is 5.94. The molecule has 2 fully saturated rings. The van der Waals surface area contributed by atoms with Crippen molar-refractivity contribution in [3.63, 3.8) is 0 Å². The fourth-order valence-corrected chi connectivity index (χ4v) is 3.69. The van der Waals surface area contributed by atoms with Gasteiger partial charge in [0.15, 0.2) is 0 Å². The standard InChI is InChI=1S/C15H26N2O3/c1-2-6-15(7-9-16-10-8-15)14(20)17-11-4-3-5-12(17)13(18)19/h12,16H,2-11H2,1H3,(H,18,19)/t12-/m1/s1. The number of amides is 1. The molecule has 5 nitrogen and oxygen atoms in total. The molecule has 0 bridgehead atoms. The quantitative estimate of drug-likeness (QED) is 0.822. The monoisotopic (exact) mass is 282 g/mol. The number of piperidine rings is 2. The Morgan fingerprint density at radius 2 is 2.00 bits per heavy atom. The van der Waals surface area contributed by atoms with Crippen LogP contribution in [0.15, 0.2) is 0 Å². The van der Waals surface area contributed by atoms with E-state index in [4.69, 9.17) is 0 Å². The van der Waals surface area contributed by atoms with Crippen LogP contribution in [0.2, 0.25) is 0 Å². The summed E-state index contributed by atoms with van der Waals surface area (Å²) < 4.78 is 0. The minimum Gasteiger partial charge on any atom is -0.480 e. The van der Waals surface area contributed by atoms with Crippen LogP contribution in [-0.4, -0.2) is 47.6 Å². The van der Waals surface area contributed by atoms with Gasteiger partial charge in [0.05, 0.1) is 5.41 Å². The summed E-state index contributed by atoms with van der Waals surface area (Å²) in [7, 11) is 0. The second kappa shape index (κ2) is 6.57. The zero-order valence-corrected chi connectivity index (χ0v) is 12.4. The average Bonchev–Trinajstić information content (AvgIpc) is 2.47. The van der Waals surface area contributed by atoms with E-state index in [1.807, 2.05) is 0 Å². The Labute approximate surface area is 120 Å². The van der Waals surface area contributed by atoms with Crippen molar-refractivity contribution in [1.29, 1.82) is 0 Å². The van der Waals surface area contributed by atoms with Gasteiger partial charge in [-0.25, -0.2) is 4.79 Å². The predicted octanol–water partition coefficient (Wildman–Crippen LogP) is 1.62. The van der Waals surface area contributed by atoms with E-state index in [9.17, 15) is 14.7 Å². The van der Waals surface area contributed by atoms with Crippen LogP contribution in [0.4, 0.5) is 0 Å². The molecular weight excluding hydrogens is 256 g/mol. The van der Waals surface area contributed by atoms with Crippen LogP contribution in [0.25, 0.3) is 0 Å². The van der Waals surface area contributed by atoms with E-state index < -0.39 is 12.0 Å². The Morgan fingerprint density at radius 3 is 2.60 bits per heavy atom. The summed E-state index contributed by atoms with van der Waals surface area (Å²) >= 11 is 0. The highest BCUT2D eigenvalue weighted by atomic mass is 16.4. The van der Waals surface area contributed by atoms with Gasteiger partial charge < -0.3 is 15.3 Å². The van der Waals surface area contributed by atoms with Gasteiger partial charge in [-0.3, -0.25) is 4.79 Å². The van der Waals surface area contributed by atoms with Gasteiger partial charge in [-0.1, -0.05) is 13.3 Å². The van der Waals surface area contributed by atoms with Crippen LogP contribution < -0.4 is 5.32 Å². The number of likely N-dealkylation sites (tertiary alicyclic amines) is 1.